The highest BCUT2D eigenvalue weighted by Gasteiger charge is 2.48. The molecule has 29 heavy (non-hydrogen) atoms. The van der Waals surface area contributed by atoms with E-state index in [0.717, 1.165) is 47.4 Å². The van der Waals surface area contributed by atoms with Crippen molar-refractivity contribution in [2.75, 3.05) is 6.54 Å². The molecule has 1 saturated carbocycles. The van der Waals surface area contributed by atoms with Gasteiger partial charge in [-0.15, -0.1) is 0 Å². The van der Waals surface area contributed by atoms with Gasteiger partial charge in [-0.1, -0.05) is 24.3 Å². The van der Waals surface area contributed by atoms with Gasteiger partial charge in [0.2, 0.25) is 5.91 Å². The highest BCUT2D eigenvalue weighted by atomic mass is 19.4. The number of imidazole rings is 1. The highest BCUT2D eigenvalue weighted by Crippen LogP contribution is 2.50. The number of para-hydroxylation sites is 2. The zero-order valence-electron chi connectivity index (χ0n) is 15.6. The van der Waals surface area contributed by atoms with Crippen molar-refractivity contribution < 1.29 is 18.0 Å². The van der Waals surface area contributed by atoms with Gasteiger partial charge >= 0.3 is 6.18 Å². The van der Waals surface area contributed by atoms with E-state index in [2.05, 4.69) is 9.97 Å². The van der Waals surface area contributed by atoms with E-state index in [4.69, 9.17) is 0 Å². The molecule has 150 valence electrons. The lowest BCUT2D eigenvalue weighted by atomic mass is 10.1. The van der Waals surface area contributed by atoms with Crippen molar-refractivity contribution in [2.45, 2.75) is 37.4 Å². The number of aromatic nitrogens is 2. The molecule has 5 rings (SSSR count). The van der Waals surface area contributed by atoms with E-state index in [1.54, 1.807) is 0 Å². The maximum atomic E-state index is 13.1. The topological polar surface area (TPSA) is 49.0 Å². The molecule has 3 atom stereocenters. The van der Waals surface area contributed by atoms with Gasteiger partial charge in [0, 0.05) is 12.5 Å². The van der Waals surface area contributed by atoms with Gasteiger partial charge in [-0.25, -0.2) is 4.98 Å². The number of carbonyl (C=O) groups is 1. The fourth-order valence-electron chi connectivity index (χ4n) is 4.41. The molecule has 0 radical (unpaired) electrons. The number of halogens is 3. The Morgan fingerprint density at radius 1 is 1.10 bits per heavy atom. The van der Waals surface area contributed by atoms with Crippen LogP contribution in [0.1, 0.15) is 48.2 Å². The van der Waals surface area contributed by atoms with E-state index in [-0.39, 0.29) is 23.8 Å². The number of amides is 1. The van der Waals surface area contributed by atoms with Gasteiger partial charge in [-0.05, 0) is 55.0 Å². The second kappa shape index (κ2) is 6.61. The van der Waals surface area contributed by atoms with Crippen LogP contribution in [0.5, 0.6) is 0 Å². The van der Waals surface area contributed by atoms with Gasteiger partial charge in [-0.3, -0.25) is 4.79 Å². The molecule has 3 aromatic rings. The van der Waals surface area contributed by atoms with E-state index in [0.29, 0.717) is 13.0 Å². The van der Waals surface area contributed by atoms with Crippen molar-refractivity contribution in [1.82, 2.24) is 14.9 Å². The van der Waals surface area contributed by atoms with Gasteiger partial charge < -0.3 is 9.88 Å². The summed E-state index contributed by atoms with van der Waals surface area (Å²) in [5.41, 5.74) is 1.98. The van der Waals surface area contributed by atoms with Crippen molar-refractivity contribution in [2.24, 2.45) is 5.92 Å². The average Bonchev–Trinajstić information content (AvgIpc) is 3.15. The summed E-state index contributed by atoms with van der Waals surface area (Å²) in [6.45, 7) is 0.691. The van der Waals surface area contributed by atoms with E-state index in [1.807, 2.05) is 29.2 Å². The third-order valence-corrected chi connectivity index (χ3v) is 6.03. The van der Waals surface area contributed by atoms with E-state index in [9.17, 15) is 18.0 Å². The van der Waals surface area contributed by atoms with E-state index >= 15 is 0 Å². The van der Waals surface area contributed by atoms with Crippen LogP contribution in [0.2, 0.25) is 0 Å². The number of nitrogens with zero attached hydrogens (tertiary/aromatic N) is 2. The average molecular weight is 399 g/mol. The standard InChI is InChI=1S/C22H20F3N3O/c23-22(24,25)14-9-7-13(8-10-14)15-12-16(15)21(29)28-11-3-6-19(28)20-26-17-4-1-2-5-18(17)27-20/h1-2,4-5,7-10,15-16,19H,3,6,11-12H2,(H,26,27). The van der Waals surface area contributed by atoms with Crippen LogP contribution in [-0.2, 0) is 11.0 Å². The zero-order valence-corrected chi connectivity index (χ0v) is 15.6. The SMILES string of the molecule is O=C(C1CC1c1ccc(C(F)(F)F)cc1)N1CCCC1c1nc2ccccc2[nH]1. The molecule has 0 bridgehead atoms. The van der Waals surface area contributed by atoms with Crippen molar-refractivity contribution in [1.29, 1.82) is 0 Å². The molecule has 2 heterocycles. The number of H-pyrrole nitrogens is 1. The summed E-state index contributed by atoms with van der Waals surface area (Å²) >= 11 is 0. The van der Waals surface area contributed by atoms with Crippen LogP contribution in [0.25, 0.3) is 11.0 Å². The predicted octanol–water partition coefficient (Wildman–Crippen LogP) is 5.05. The molecule has 2 aliphatic rings. The number of benzene rings is 2. The molecule has 2 aromatic carbocycles. The Bertz CT molecular complexity index is 1020. The van der Waals surface area contributed by atoms with E-state index in [1.165, 1.54) is 12.1 Å². The summed E-state index contributed by atoms with van der Waals surface area (Å²) in [6.07, 6.45) is -1.87. The molecule has 3 unspecified atom stereocenters. The number of alkyl halides is 3. The Labute approximate surface area is 165 Å². The lowest BCUT2D eigenvalue weighted by Gasteiger charge is -2.23. The minimum atomic E-state index is -4.34. The fourth-order valence-corrected chi connectivity index (χ4v) is 4.41. The molecule has 1 aliphatic heterocycles. The van der Waals surface area contributed by atoms with Crippen LogP contribution in [0, 0.1) is 5.92 Å². The van der Waals surface area contributed by atoms with Gasteiger partial charge in [-0.2, -0.15) is 13.2 Å². The van der Waals surface area contributed by atoms with Crippen molar-refractivity contribution in [3.8, 4) is 0 Å². The number of nitrogens with one attached hydrogen (secondary N) is 1. The number of fused-ring (bicyclic) bond motifs is 1. The summed E-state index contributed by atoms with van der Waals surface area (Å²) in [5, 5.41) is 0. The maximum Gasteiger partial charge on any atom is 0.416 e. The summed E-state index contributed by atoms with van der Waals surface area (Å²) < 4.78 is 38.3. The second-order valence-corrected chi connectivity index (χ2v) is 7.90. The Morgan fingerprint density at radius 3 is 2.59 bits per heavy atom. The monoisotopic (exact) mass is 399 g/mol. The van der Waals surface area contributed by atoms with Crippen LogP contribution in [0.15, 0.2) is 48.5 Å². The molecule has 1 N–H and O–H groups in total. The van der Waals surface area contributed by atoms with Crippen LogP contribution in [0.3, 0.4) is 0 Å². The first-order chi connectivity index (χ1) is 13.9. The number of hydrogen-bond donors (Lipinski definition) is 1. The third-order valence-electron chi connectivity index (χ3n) is 6.03. The normalized spacial score (nSPS) is 24.2. The minimum absolute atomic E-state index is 0.00158. The van der Waals surface area contributed by atoms with Crippen molar-refractivity contribution >= 4 is 16.9 Å². The molecule has 1 aromatic heterocycles. The largest absolute Gasteiger partial charge is 0.416 e. The van der Waals surface area contributed by atoms with Crippen LogP contribution < -0.4 is 0 Å². The quantitative estimate of drug-likeness (QED) is 0.670. The van der Waals surface area contributed by atoms with Gasteiger partial charge in [0.05, 0.1) is 22.6 Å². The molecular weight excluding hydrogens is 379 g/mol. The van der Waals surface area contributed by atoms with Gasteiger partial charge in [0.25, 0.3) is 0 Å². The first-order valence-electron chi connectivity index (χ1n) is 9.84. The second-order valence-electron chi connectivity index (χ2n) is 7.90. The molecule has 4 nitrogen and oxygen atoms in total. The van der Waals surface area contributed by atoms with Crippen molar-refractivity contribution in [3.05, 3.63) is 65.5 Å². The van der Waals surface area contributed by atoms with Gasteiger partial charge in [0.15, 0.2) is 0 Å². The number of carbonyl (C=O) groups excluding carboxylic acids is 1. The summed E-state index contributed by atoms with van der Waals surface area (Å²) in [7, 11) is 0. The van der Waals surface area contributed by atoms with Crippen molar-refractivity contribution in [3.63, 3.8) is 0 Å². The molecule has 2 fully saturated rings. The summed E-state index contributed by atoms with van der Waals surface area (Å²) in [6, 6.07) is 12.9. The lowest BCUT2D eigenvalue weighted by Crippen LogP contribution is -2.32. The Hall–Kier alpha value is -2.83. The Balaban J connectivity index is 1.31. The highest BCUT2D eigenvalue weighted by molar-refractivity contribution is 5.84. The number of hydrogen-bond acceptors (Lipinski definition) is 2. The smallest absolute Gasteiger partial charge is 0.340 e. The summed E-state index contributed by atoms with van der Waals surface area (Å²) in [5.74, 6) is 0.736. The molecule has 1 amide bonds. The lowest BCUT2D eigenvalue weighted by molar-refractivity contribution is -0.137. The number of likely N-dealkylation sites (tertiary alicyclic amines) is 1. The zero-order chi connectivity index (χ0) is 20.2. The molecular formula is C22H20F3N3O. The Morgan fingerprint density at radius 2 is 1.86 bits per heavy atom. The molecule has 1 saturated heterocycles. The number of rotatable bonds is 3. The Kier molecular flexibility index (Phi) is 4.15. The fraction of sp³-hybridized carbons (Fsp3) is 0.364. The van der Waals surface area contributed by atoms with Crippen LogP contribution in [-0.4, -0.2) is 27.3 Å². The molecule has 7 heteroatoms. The van der Waals surface area contributed by atoms with Crippen LogP contribution in [0.4, 0.5) is 13.2 Å². The summed E-state index contributed by atoms with van der Waals surface area (Å²) in [4.78, 5) is 23.0. The van der Waals surface area contributed by atoms with E-state index < -0.39 is 11.7 Å². The minimum Gasteiger partial charge on any atom is -0.340 e. The maximum absolute atomic E-state index is 13.1. The first-order valence-corrected chi connectivity index (χ1v) is 9.84. The number of aromatic amines is 1. The molecule has 0 spiro atoms. The molecule has 1 aliphatic carbocycles. The third kappa shape index (κ3) is 3.28. The van der Waals surface area contributed by atoms with Crippen LogP contribution >= 0.6 is 0 Å². The predicted molar refractivity (Wildman–Crippen MR) is 102 cm³/mol. The first kappa shape index (κ1) is 18.2. The van der Waals surface area contributed by atoms with Gasteiger partial charge in [0.1, 0.15) is 5.82 Å².